The van der Waals surface area contributed by atoms with Crippen molar-refractivity contribution in [3.05, 3.63) is 32.9 Å². The number of aromatic nitrogens is 3. The van der Waals surface area contributed by atoms with Crippen LogP contribution in [0.1, 0.15) is 28.6 Å². The van der Waals surface area contributed by atoms with Crippen molar-refractivity contribution in [1.82, 2.24) is 14.8 Å². The summed E-state index contributed by atoms with van der Waals surface area (Å²) in [5.74, 6) is 0.394. The van der Waals surface area contributed by atoms with Gasteiger partial charge in [-0.25, -0.2) is 9.89 Å². The average Bonchev–Trinajstić information content (AvgIpc) is 2.92. The molecular weight excluding hydrogens is 270 g/mol. The molecule has 7 heteroatoms. The molecule has 0 saturated heterocycles. The Bertz CT molecular complexity index is 611. The highest BCUT2D eigenvalue weighted by Gasteiger charge is 2.28. The highest BCUT2D eigenvalue weighted by atomic mass is 32.2. The van der Waals surface area contributed by atoms with Crippen LogP contribution in [0.4, 0.5) is 0 Å². The second-order valence-corrected chi connectivity index (χ2v) is 5.99. The molecule has 1 aliphatic carbocycles. The van der Waals surface area contributed by atoms with Crippen LogP contribution in [-0.4, -0.2) is 26.3 Å². The summed E-state index contributed by atoms with van der Waals surface area (Å²) in [4.78, 5) is 24.1. The van der Waals surface area contributed by atoms with Gasteiger partial charge in [0.2, 0.25) is 0 Å². The van der Waals surface area contributed by atoms with Crippen LogP contribution < -0.4 is 5.69 Å². The molecule has 5 nitrogen and oxygen atoms in total. The van der Waals surface area contributed by atoms with Gasteiger partial charge >= 0.3 is 5.69 Å². The first-order valence-corrected chi connectivity index (χ1v) is 7.48. The molecule has 1 saturated carbocycles. The van der Waals surface area contributed by atoms with Crippen molar-refractivity contribution in [1.29, 1.82) is 0 Å². The van der Waals surface area contributed by atoms with Crippen LogP contribution >= 0.6 is 23.1 Å². The molecule has 1 N–H and O–H groups in total. The minimum Gasteiger partial charge on any atom is -0.292 e. The zero-order valence-electron chi connectivity index (χ0n) is 9.46. The minimum absolute atomic E-state index is 0.0767. The number of thiophene rings is 1. The molecule has 2 aromatic heterocycles. The number of hydrogen-bond acceptors (Lipinski definition) is 5. The van der Waals surface area contributed by atoms with Gasteiger partial charge in [0.15, 0.2) is 10.9 Å². The highest BCUT2D eigenvalue weighted by Crippen LogP contribution is 2.36. The number of aromatic amines is 1. The molecule has 3 rings (SSSR count). The third-order valence-electron chi connectivity index (χ3n) is 2.71. The molecule has 0 radical (unpaired) electrons. The molecule has 0 amide bonds. The number of nitrogens with one attached hydrogen (secondary N) is 1. The van der Waals surface area contributed by atoms with E-state index >= 15 is 0 Å². The third kappa shape index (κ3) is 2.28. The fraction of sp³-hybridized carbons (Fsp3) is 0.364. The zero-order chi connectivity index (χ0) is 12.5. The second kappa shape index (κ2) is 4.74. The standard InChI is InChI=1S/C11H11N3O2S2/c15-8(9-2-1-5-17-9)6-18-11-13-12-10(16)14(11)7-3-4-7/h1-2,5,7H,3-4,6H2,(H,12,16). The first-order valence-electron chi connectivity index (χ1n) is 5.62. The van der Waals surface area contributed by atoms with Crippen LogP contribution in [0.2, 0.25) is 0 Å². The van der Waals surface area contributed by atoms with Gasteiger partial charge in [-0.05, 0) is 24.3 Å². The van der Waals surface area contributed by atoms with Crippen LogP contribution in [0, 0.1) is 0 Å². The maximum atomic E-state index is 11.8. The molecule has 1 fully saturated rings. The predicted molar refractivity (Wildman–Crippen MR) is 70.5 cm³/mol. The van der Waals surface area contributed by atoms with Crippen molar-refractivity contribution in [2.45, 2.75) is 24.0 Å². The van der Waals surface area contributed by atoms with Crippen molar-refractivity contribution in [3.63, 3.8) is 0 Å². The summed E-state index contributed by atoms with van der Waals surface area (Å²) >= 11 is 2.75. The Hall–Kier alpha value is -1.34. The predicted octanol–water partition coefficient (Wildman–Crippen LogP) is 1.94. The van der Waals surface area contributed by atoms with Crippen LogP contribution in [-0.2, 0) is 0 Å². The molecule has 0 aromatic carbocycles. The molecule has 94 valence electrons. The van der Waals surface area contributed by atoms with Gasteiger partial charge in [-0.1, -0.05) is 17.8 Å². The van der Waals surface area contributed by atoms with Crippen LogP contribution in [0.25, 0.3) is 0 Å². The van der Waals surface area contributed by atoms with E-state index in [0.29, 0.717) is 10.9 Å². The number of H-pyrrole nitrogens is 1. The summed E-state index contributed by atoms with van der Waals surface area (Å²) in [7, 11) is 0. The molecule has 2 heterocycles. The molecule has 2 aromatic rings. The fourth-order valence-electron chi connectivity index (χ4n) is 1.69. The van der Waals surface area contributed by atoms with E-state index in [1.807, 2.05) is 17.5 Å². The van der Waals surface area contributed by atoms with Crippen molar-refractivity contribution in [2.24, 2.45) is 0 Å². The van der Waals surface area contributed by atoms with E-state index in [4.69, 9.17) is 0 Å². The van der Waals surface area contributed by atoms with Crippen molar-refractivity contribution in [2.75, 3.05) is 5.75 Å². The van der Waals surface area contributed by atoms with Crippen LogP contribution in [0.5, 0.6) is 0 Å². The number of carbonyl (C=O) groups excluding carboxylic acids is 1. The van der Waals surface area contributed by atoms with Crippen molar-refractivity contribution in [3.8, 4) is 0 Å². The number of ketones is 1. The highest BCUT2D eigenvalue weighted by molar-refractivity contribution is 7.99. The van der Waals surface area contributed by atoms with E-state index in [1.54, 1.807) is 4.57 Å². The summed E-state index contributed by atoms with van der Waals surface area (Å²) in [5, 5.41) is 8.91. The van der Waals surface area contributed by atoms with E-state index in [-0.39, 0.29) is 17.5 Å². The Morgan fingerprint density at radius 2 is 2.44 bits per heavy atom. The lowest BCUT2D eigenvalue weighted by atomic mass is 10.4. The SMILES string of the molecule is O=C(CSc1n[nH]c(=O)n1C1CC1)c1cccs1. The average molecular weight is 281 g/mol. The first kappa shape index (κ1) is 11.7. The van der Waals surface area contributed by atoms with Crippen LogP contribution in [0.3, 0.4) is 0 Å². The Labute approximate surface area is 111 Å². The molecule has 0 bridgehead atoms. The van der Waals surface area contributed by atoms with Gasteiger partial charge in [0.25, 0.3) is 0 Å². The van der Waals surface area contributed by atoms with Gasteiger partial charge in [0.05, 0.1) is 10.6 Å². The lowest BCUT2D eigenvalue weighted by Gasteiger charge is -2.01. The van der Waals surface area contributed by atoms with E-state index in [2.05, 4.69) is 10.2 Å². The number of hydrogen-bond donors (Lipinski definition) is 1. The Morgan fingerprint density at radius 1 is 1.61 bits per heavy atom. The number of nitrogens with zero attached hydrogens (tertiary/aromatic N) is 2. The van der Waals surface area contributed by atoms with Crippen molar-refractivity contribution >= 4 is 28.9 Å². The van der Waals surface area contributed by atoms with E-state index in [9.17, 15) is 9.59 Å². The summed E-state index contributed by atoms with van der Waals surface area (Å²) < 4.78 is 1.66. The molecule has 1 aliphatic rings. The number of Topliss-reactive ketones (excluding diaryl/α,β-unsaturated/α-hetero) is 1. The van der Waals surface area contributed by atoms with E-state index in [0.717, 1.165) is 17.7 Å². The van der Waals surface area contributed by atoms with Gasteiger partial charge in [-0.15, -0.1) is 16.4 Å². The Balaban J connectivity index is 1.70. The van der Waals surface area contributed by atoms with Gasteiger partial charge < -0.3 is 0 Å². The monoisotopic (exact) mass is 281 g/mol. The molecular formula is C11H11N3O2S2. The molecule has 0 unspecified atom stereocenters. The van der Waals surface area contributed by atoms with Gasteiger partial charge in [-0.2, -0.15) is 0 Å². The quantitative estimate of drug-likeness (QED) is 0.672. The Morgan fingerprint density at radius 3 is 3.11 bits per heavy atom. The first-order chi connectivity index (χ1) is 8.75. The lowest BCUT2D eigenvalue weighted by molar-refractivity contribution is 0.102. The molecule has 0 aliphatic heterocycles. The Kier molecular flexibility index (Phi) is 3.09. The number of thioether (sulfide) groups is 1. The topological polar surface area (TPSA) is 67.8 Å². The summed E-state index contributed by atoms with van der Waals surface area (Å²) in [5.41, 5.74) is -0.177. The van der Waals surface area contributed by atoms with E-state index in [1.165, 1.54) is 23.1 Å². The molecule has 18 heavy (non-hydrogen) atoms. The van der Waals surface area contributed by atoms with Gasteiger partial charge in [-0.3, -0.25) is 9.36 Å². The summed E-state index contributed by atoms with van der Waals surface area (Å²) in [6.07, 6.45) is 2.04. The number of rotatable bonds is 5. The lowest BCUT2D eigenvalue weighted by Crippen LogP contribution is -2.16. The summed E-state index contributed by atoms with van der Waals surface area (Å²) in [6.45, 7) is 0. The smallest absolute Gasteiger partial charge is 0.292 e. The second-order valence-electron chi connectivity index (χ2n) is 4.10. The van der Waals surface area contributed by atoms with E-state index < -0.39 is 0 Å². The largest absolute Gasteiger partial charge is 0.344 e. The van der Waals surface area contributed by atoms with Gasteiger partial charge in [0.1, 0.15) is 0 Å². The van der Waals surface area contributed by atoms with Crippen molar-refractivity contribution < 1.29 is 4.79 Å². The zero-order valence-corrected chi connectivity index (χ0v) is 11.1. The molecule has 0 atom stereocenters. The van der Waals surface area contributed by atoms with Crippen LogP contribution in [0.15, 0.2) is 27.5 Å². The molecule has 0 spiro atoms. The minimum atomic E-state index is -0.177. The third-order valence-corrected chi connectivity index (χ3v) is 4.58. The number of carbonyl (C=O) groups is 1. The maximum absolute atomic E-state index is 11.8. The maximum Gasteiger partial charge on any atom is 0.344 e. The fourth-order valence-corrected chi connectivity index (χ4v) is 3.34. The normalized spacial score (nSPS) is 14.9. The van der Waals surface area contributed by atoms with Gasteiger partial charge in [0, 0.05) is 6.04 Å². The summed E-state index contributed by atoms with van der Waals surface area (Å²) in [6, 6.07) is 3.94.